The maximum Gasteiger partial charge on any atom is 0.257 e. The molecule has 0 aromatic carbocycles. The van der Waals surface area contributed by atoms with Crippen molar-refractivity contribution in [2.24, 2.45) is 0 Å². The fraction of sp³-hybridized carbons (Fsp3) is 0.773. The van der Waals surface area contributed by atoms with Crippen molar-refractivity contribution < 1.29 is 4.79 Å². The van der Waals surface area contributed by atoms with Crippen molar-refractivity contribution in [3.8, 4) is 0 Å². The summed E-state index contributed by atoms with van der Waals surface area (Å²) in [4.78, 5) is 27.1. The fourth-order valence-electron chi connectivity index (χ4n) is 5.20. The van der Waals surface area contributed by atoms with E-state index in [2.05, 4.69) is 4.90 Å². The van der Waals surface area contributed by atoms with Gasteiger partial charge < -0.3 is 4.90 Å². The second-order valence-corrected chi connectivity index (χ2v) is 8.62. The van der Waals surface area contributed by atoms with Gasteiger partial charge in [0.15, 0.2) is 0 Å². The molecule has 0 radical (unpaired) electrons. The number of rotatable bonds is 3. The van der Waals surface area contributed by atoms with Gasteiger partial charge in [0.2, 0.25) is 0 Å². The fourth-order valence-corrected chi connectivity index (χ4v) is 5.20. The molecule has 1 aliphatic carbocycles. The maximum absolute atomic E-state index is 12.9. The van der Waals surface area contributed by atoms with Crippen LogP contribution in [0.3, 0.4) is 0 Å². The topological polar surface area (TPSA) is 49.3 Å². The van der Waals surface area contributed by atoms with Crippen LogP contribution in [0, 0.1) is 6.92 Å². The number of carbonyl (C=O) groups excluding carboxylic acids is 1. The first-order chi connectivity index (χ1) is 13.2. The lowest BCUT2D eigenvalue weighted by Crippen LogP contribution is -2.43. The van der Waals surface area contributed by atoms with E-state index in [1.165, 1.54) is 57.9 Å². The zero-order valence-electron chi connectivity index (χ0n) is 16.8. The van der Waals surface area contributed by atoms with Crippen LogP contribution in [0.15, 0.2) is 6.20 Å². The van der Waals surface area contributed by atoms with Crippen LogP contribution in [-0.2, 0) is 0 Å². The predicted molar refractivity (Wildman–Crippen MR) is 107 cm³/mol. The van der Waals surface area contributed by atoms with E-state index >= 15 is 0 Å². The summed E-state index contributed by atoms with van der Waals surface area (Å²) in [6, 6.07) is 1.03. The summed E-state index contributed by atoms with van der Waals surface area (Å²) in [5.74, 6) is 1.06. The highest BCUT2D eigenvalue weighted by Crippen LogP contribution is 2.35. The van der Waals surface area contributed by atoms with E-state index in [1.54, 1.807) is 0 Å². The molecule has 2 aliphatic heterocycles. The number of amides is 1. The quantitative estimate of drug-likeness (QED) is 0.797. The summed E-state index contributed by atoms with van der Waals surface area (Å²) >= 11 is 0. The number of aryl methyl sites for hydroxylation is 1. The van der Waals surface area contributed by atoms with Crippen molar-refractivity contribution in [1.82, 2.24) is 19.8 Å². The number of carbonyl (C=O) groups is 1. The molecule has 1 amide bonds. The molecular weight excluding hydrogens is 336 g/mol. The Morgan fingerprint density at radius 3 is 2.33 bits per heavy atom. The smallest absolute Gasteiger partial charge is 0.257 e. The Labute approximate surface area is 163 Å². The maximum atomic E-state index is 12.9. The van der Waals surface area contributed by atoms with Crippen LogP contribution in [0.1, 0.15) is 98.5 Å². The Balaban J connectivity index is 1.52. The minimum absolute atomic E-state index is 0.117. The van der Waals surface area contributed by atoms with Crippen molar-refractivity contribution in [3.63, 3.8) is 0 Å². The Morgan fingerprint density at radius 1 is 0.926 bits per heavy atom. The van der Waals surface area contributed by atoms with E-state index < -0.39 is 0 Å². The van der Waals surface area contributed by atoms with E-state index in [0.717, 1.165) is 43.9 Å². The number of hydrogen-bond acceptors (Lipinski definition) is 4. The molecule has 2 saturated heterocycles. The molecule has 1 saturated carbocycles. The van der Waals surface area contributed by atoms with Gasteiger partial charge in [-0.25, -0.2) is 9.97 Å². The predicted octanol–water partition coefficient (Wildman–Crippen LogP) is 4.27. The first kappa shape index (κ1) is 18.9. The summed E-state index contributed by atoms with van der Waals surface area (Å²) in [5.41, 5.74) is 1.55. The summed E-state index contributed by atoms with van der Waals surface area (Å²) in [6.45, 7) is 4.90. The van der Waals surface area contributed by atoms with Gasteiger partial charge >= 0.3 is 0 Å². The Kier molecular flexibility index (Phi) is 6.06. The first-order valence-corrected chi connectivity index (χ1v) is 11.1. The molecule has 1 atom stereocenters. The molecule has 27 heavy (non-hydrogen) atoms. The Bertz CT molecular complexity index is 650. The lowest BCUT2D eigenvalue weighted by atomic mass is 9.90. The van der Waals surface area contributed by atoms with Crippen molar-refractivity contribution in [3.05, 3.63) is 23.3 Å². The Hall–Kier alpha value is -1.49. The van der Waals surface area contributed by atoms with Gasteiger partial charge in [-0.1, -0.05) is 25.7 Å². The normalized spacial score (nSPS) is 25.5. The summed E-state index contributed by atoms with van der Waals surface area (Å²) in [7, 11) is 0. The molecule has 1 aromatic heterocycles. The summed E-state index contributed by atoms with van der Waals surface area (Å²) in [6.07, 6.45) is 15.7. The molecule has 3 heterocycles. The van der Waals surface area contributed by atoms with Crippen LogP contribution < -0.4 is 0 Å². The van der Waals surface area contributed by atoms with Crippen LogP contribution in [0.5, 0.6) is 0 Å². The number of likely N-dealkylation sites (tertiary alicyclic amines) is 2. The van der Waals surface area contributed by atoms with Gasteiger partial charge in [0.05, 0.1) is 17.3 Å². The minimum atomic E-state index is 0.117. The van der Waals surface area contributed by atoms with E-state index in [-0.39, 0.29) is 5.91 Å². The van der Waals surface area contributed by atoms with Gasteiger partial charge in [0.25, 0.3) is 5.91 Å². The van der Waals surface area contributed by atoms with Crippen molar-refractivity contribution in [1.29, 1.82) is 0 Å². The van der Waals surface area contributed by atoms with Crippen LogP contribution in [0.2, 0.25) is 0 Å². The molecule has 3 aliphatic rings. The Morgan fingerprint density at radius 2 is 1.59 bits per heavy atom. The van der Waals surface area contributed by atoms with E-state index in [4.69, 9.17) is 9.97 Å². The molecule has 5 nitrogen and oxygen atoms in total. The van der Waals surface area contributed by atoms with Gasteiger partial charge in [-0.05, 0) is 58.4 Å². The summed E-state index contributed by atoms with van der Waals surface area (Å²) < 4.78 is 0. The molecule has 0 N–H and O–H groups in total. The molecule has 0 spiro atoms. The number of piperidine rings is 2. The van der Waals surface area contributed by atoms with Crippen LogP contribution >= 0.6 is 0 Å². The second kappa shape index (κ2) is 8.68. The number of aromatic nitrogens is 2. The first-order valence-electron chi connectivity index (χ1n) is 11.1. The monoisotopic (exact) mass is 370 g/mol. The molecule has 0 unspecified atom stereocenters. The highest BCUT2D eigenvalue weighted by molar-refractivity contribution is 5.95. The highest BCUT2D eigenvalue weighted by atomic mass is 16.2. The number of nitrogens with zero attached hydrogens (tertiary/aromatic N) is 4. The molecule has 148 valence electrons. The van der Waals surface area contributed by atoms with Gasteiger partial charge in [0, 0.05) is 25.3 Å². The van der Waals surface area contributed by atoms with E-state index in [0.29, 0.717) is 17.6 Å². The standard InChI is InChI=1S/C22H34N4O/c1-17-19(22(27)25-13-7-3-8-14-25)16-23-21(24-17)20-12-6-9-15-26(20)18-10-4-2-5-11-18/h16,18,20H,2-15H2,1H3/t20-/m0/s1. The molecule has 3 fully saturated rings. The molecule has 1 aromatic rings. The largest absolute Gasteiger partial charge is 0.339 e. The second-order valence-electron chi connectivity index (χ2n) is 8.62. The van der Waals surface area contributed by atoms with Crippen LogP contribution in [0.25, 0.3) is 0 Å². The van der Waals surface area contributed by atoms with Gasteiger partial charge in [-0.15, -0.1) is 0 Å². The third-order valence-electron chi connectivity index (χ3n) is 6.76. The molecular formula is C22H34N4O. The average Bonchev–Trinajstić information content (AvgIpc) is 2.74. The van der Waals surface area contributed by atoms with Gasteiger partial charge in [-0.2, -0.15) is 0 Å². The average molecular weight is 371 g/mol. The zero-order valence-corrected chi connectivity index (χ0v) is 16.8. The lowest BCUT2D eigenvalue weighted by molar-refractivity contribution is 0.0669. The van der Waals surface area contributed by atoms with Crippen LogP contribution in [0.4, 0.5) is 0 Å². The van der Waals surface area contributed by atoms with Gasteiger partial charge in [-0.3, -0.25) is 9.69 Å². The van der Waals surface area contributed by atoms with Gasteiger partial charge in [0.1, 0.15) is 5.82 Å². The summed E-state index contributed by atoms with van der Waals surface area (Å²) in [5, 5.41) is 0. The SMILES string of the molecule is Cc1nc([C@@H]2CCCCN2C2CCCCC2)ncc1C(=O)N1CCCCC1. The van der Waals surface area contributed by atoms with E-state index in [1.807, 2.05) is 18.0 Å². The zero-order chi connectivity index (χ0) is 18.6. The van der Waals surface area contributed by atoms with Crippen LogP contribution in [-0.4, -0.2) is 51.4 Å². The van der Waals surface area contributed by atoms with Crippen molar-refractivity contribution in [2.45, 2.75) is 89.6 Å². The molecule has 4 rings (SSSR count). The minimum Gasteiger partial charge on any atom is -0.339 e. The van der Waals surface area contributed by atoms with E-state index in [9.17, 15) is 4.79 Å². The number of hydrogen-bond donors (Lipinski definition) is 0. The third-order valence-corrected chi connectivity index (χ3v) is 6.76. The lowest BCUT2D eigenvalue weighted by Gasteiger charge is -2.42. The van der Waals surface area contributed by atoms with Crippen molar-refractivity contribution in [2.75, 3.05) is 19.6 Å². The van der Waals surface area contributed by atoms with Crippen molar-refractivity contribution >= 4 is 5.91 Å². The molecule has 0 bridgehead atoms. The third kappa shape index (κ3) is 4.18. The molecule has 5 heteroatoms. The highest BCUT2D eigenvalue weighted by Gasteiger charge is 2.33.